The zero-order chi connectivity index (χ0) is 13.5. The number of rotatable bonds is 6. The Kier molecular flexibility index (Phi) is 5.38. The van der Waals surface area contributed by atoms with E-state index in [1.54, 1.807) is 0 Å². The molecule has 1 aromatic carbocycles. The molecule has 1 aliphatic heterocycles. The maximum absolute atomic E-state index is 9.32. The lowest BCUT2D eigenvalue weighted by Crippen LogP contribution is -2.33. The first-order valence-corrected chi connectivity index (χ1v) is 7.15. The Morgan fingerprint density at radius 2 is 1.95 bits per heavy atom. The molecule has 0 amide bonds. The zero-order valence-corrected chi connectivity index (χ0v) is 11.8. The molecule has 19 heavy (non-hydrogen) atoms. The van der Waals surface area contributed by atoms with Crippen LogP contribution in [0.5, 0.6) is 0 Å². The molecular formula is C16H23N3. The Morgan fingerprint density at radius 3 is 2.58 bits per heavy atom. The summed E-state index contributed by atoms with van der Waals surface area (Å²) in [5.41, 5.74) is 1.12. The molecule has 3 nitrogen and oxygen atoms in total. The normalized spacial score (nSPS) is 17.5. The van der Waals surface area contributed by atoms with Gasteiger partial charge in [-0.3, -0.25) is 0 Å². The van der Waals surface area contributed by atoms with Gasteiger partial charge in [-0.1, -0.05) is 30.3 Å². The smallest absolute Gasteiger partial charge is 0.0839 e. The average Bonchev–Trinajstić information content (AvgIpc) is 2.97. The van der Waals surface area contributed by atoms with Crippen molar-refractivity contribution in [1.82, 2.24) is 9.80 Å². The largest absolute Gasteiger partial charge is 0.303 e. The highest BCUT2D eigenvalue weighted by Gasteiger charge is 2.15. The summed E-state index contributed by atoms with van der Waals surface area (Å²) in [6, 6.07) is 12.5. The van der Waals surface area contributed by atoms with Crippen LogP contribution in [-0.2, 0) is 0 Å². The molecule has 3 heteroatoms. The van der Waals surface area contributed by atoms with Crippen LogP contribution in [0.4, 0.5) is 0 Å². The van der Waals surface area contributed by atoms with Crippen molar-refractivity contribution >= 4 is 0 Å². The fourth-order valence-electron chi connectivity index (χ4n) is 2.63. The van der Waals surface area contributed by atoms with Crippen LogP contribution in [0.15, 0.2) is 30.3 Å². The highest BCUT2D eigenvalue weighted by atomic mass is 15.2. The number of hydrogen-bond donors (Lipinski definition) is 0. The zero-order valence-electron chi connectivity index (χ0n) is 11.8. The first kappa shape index (κ1) is 14.0. The van der Waals surface area contributed by atoms with Crippen LogP contribution in [0.25, 0.3) is 0 Å². The van der Waals surface area contributed by atoms with Gasteiger partial charge in [-0.2, -0.15) is 5.26 Å². The van der Waals surface area contributed by atoms with Crippen molar-refractivity contribution in [3.8, 4) is 6.07 Å². The Hall–Kier alpha value is -1.37. The second kappa shape index (κ2) is 7.28. The molecule has 2 rings (SSSR count). The van der Waals surface area contributed by atoms with E-state index in [-0.39, 0.29) is 5.92 Å². The molecule has 1 unspecified atom stereocenters. The lowest BCUT2D eigenvalue weighted by atomic mass is 10.0. The van der Waals surface area contributed by atoms with Gasteiger partial charge in [0.2, 0.25) is 0 Å². The van der Waals surface area contributed by atoms with Crippen LogP contribution in [-0.4, -0.2) is 49.6 Å². The second-order valence-corrected chi connectivity index (χ2v) is 5.40. The van der Waals surface area contributed by atoms with Gasteiger partial charge in [0.1, 0.15) is 0 Å². The van der Waals surface area contributed by atoms with Crippen LogP contribution in [0, 0.1) is 11.3 Å². The van der Waals surface area contributed by atoms with Gasteiger partial charge >= 0.3 is 0 Å². The van der Waals surface area contributed by atoms with Gasteiger partial charge in [0.25, 0.3) is 0 Å². The van der Waals surface area contributed by atoms with E-state index in [4.69, 9.17) is 0 Å². The van der Waals surface area contributed by atoms with Crippen molar-refractivity contribution in [3.63, 3.8) is 0 Å². The molecule has 0 radical (unpaired) electrons. The first-order valence-electron chi connectivity index (χ1n) is 7.15. The third-order valence-corrected chi connectivity index (χ3v) is 3.85. The summed E-state index contributed by atoms with van der Waals surface area (Å²) in [7, 11) is 2.11. The predicted octanol–water partition coefficient (Wildman–Crippen LogP) is 2.32. The Bertz CT molecular complexity index is 404. The summed E-state index contributed by atoms with van der Waals surface area (Å²) in [5, 5.41) is 9.32. The first-order chi connectivity index (χ1) is 9.29. The maximum Gasteiger partial charge on any atom is 0.0839 e. The van der Waals surface area contributed by atoms with Gasteiger partial charge in [0.15, 0.2) is 0 Å². The van der Waals surface area contributed by atoms with Crippen LogP contribution < -0.4 is 0 Å². The van der Waals surface area contributed by atoms with E-state index in [2.05, 4.69) is 22.9 Å². The summed E-state index contributed by atoms with van der Waals surface area (Å²) in [6.45, 7) is 5.48. The van der Waals surface area contributed by atoms with E-state index in [1.165, 1.54) is 25.9 Å². The van der Waals surface area contributed by atoms with Crippen molar-refractivity contribution in [2.24, 2.45) is 0 Å². The van der Waals surface area contributed by atoms with Gasteiger partial charge in [0.05, 0.1) is 12.0 Å². The molecule has 0 aromatic heterocycles. The molecule has 1 aromatic rings. The van der Waals surface area contributed by atoms with Gasteiger partial charge < -0.3 is 9.80 Å². The number of likely N-dealkylation sites (N-methyl/N-ethyl adjacent to an activating group) is 1. The number of likely N-dealkylation sites (tertiary alicyclic amines) is 1. The van der Waals surface area contributed by atoms with E-state index >= 15 is 0 Å². The fourth-order valence-corrected chi connectivity index (χ4v) is 2.63. The monoisotopic (exact) mass is 257 g/mol. The van der Waals surface area contributed by atoms with Crippen LogP contribution in [0.3, 0.4) is 0 Å². The Morgan fingerprint density at radius 1 is 1.26 bits per heavy atom. The highest BCUT2D eigenvalue weighted by Crippen LogP contribution is 2.15. The molecule has 1 heterocycles. The minimum atomic E-state index is -0.0234. The summed E-state index contributed by atoms with van der Waals surface area (Å²) in [6.07, 6.45) is 2.68. The number of nitrogens with zero attached hydrogens (tertiary/aromatic N) is 3. The lowest BCUT2D eigenvalue weighted by molar-refractivity contribution is 0.254. The Balaban J connectivity index is 1.79. The summed E-state index contributed by atoms with van der Waals surface area (Å²) in [4.78, 5) is 4.79. The number of benzene rings is 1. The maximum atomic E-state index is 9.32. The molecule has 1 aliphatic rings. The van der Waals surface area contributed by atoms with E-state index in [0.717, 1.165) is 25.2 Å². The molecule has 0 N–H and O–H groups in total. The van der Waals surface area contributed by atoms with Crippen molar-refractivity contribution < 1.29 is 0 Å². The predicted molar refractivity (Wildman–Crippen MR) is 78.0 cm³/mol. The van der Waals surface area contributed by atoms with E-state index in [0.29, 0.717) is 0 Å². The molecule has 1 saturated heterocycles. The second-order valence-electron chi connectivity index (χ2n) is 5.40. The third kappa shape index (κ3) is 4.34. The molecule has 0 spiro atoms. The van der Waals surface area contributed by atoms with Crippen molar-refractivity contribution in [2.75, 3.05) is 39.8 Å². The van der Waals surface area contributed by atoms with Crippen LogP contribution in [0.2, 0.25) is 0 Å². The van der Waals surface area contributed by atoms with Crippen LogP contribution in [0.1, 0.15) is 24.3 Å². The quantitative estimate of drug-likeness (QED) is 0.783. The van der Waals surface area contributed by atoms with Crippen molar-refractivity contribution in [1.29, 1.82) is 5.26 Å². The topological polar surface area (TPSA) is 30.3 Å². The highest BCUT2D eigenvalue weighted by molar-refractivity contribution is 5.25. The third-order valence-electron chi connectivity index (χ3n) is 3.85. The lowest BCUT2D eigenvalue weighted by Gasteiger charge is -2.23. The van der Waals surface area contributed by atoms with Gasteiger partial charge in [-0.15, -0.1) is 0 Å². The standard InChI is InChI=1S/C16H23N3/c1-18(11-12-19-9-5-6-10-19)14-16(13-17)15-7-3-2-4-8-15/h2-4,7-8,16H,5-6,9-12,14H2,1H3. The number of hydrogen-bond acceptors (Lipinski definition) is 3. The molecule has 0 saturated carbocycles. The molecule has 0 aliphatic carbocycles. The minimum Gasteiger partial charge on any atom is -0.303 e. The van der Waals surface area contributed by atoms with Gasteiger partial charge in [-0.05, 0) is 38.5 Å². The van der Waals surface area contributed by atoms with E-state index in [9.17, 15) is 5.26 Å². The molecule has 1 atom stereocenters. The van der Waals surface area contributed by atoms with Gasteiger partial charge in [-0.25, -0.2) is 0 Å². The average molecular weight is 257 g/mol. The van der Waals surface area contributed by atoms with E-state index < -0.39 is 0 Å². The van der Waals surface area contributed by atoms with Gasteiger partial charge in [0, 0.05) is 19.6 Å². The molecule has 0 bridgehead atoms. The minimum absolute atomic E-state index is 0.0234. The Labute approximate surface area is 116 Å². The molecule has 102 valence electrons. The van der Waals surface area contributed by atoms with Crippen LogP contribution >= 0.6 is 0 Å². The summed E-state index contributed by atoms with van der Waals surface area (Å²) >= 11 is 0. The van der Waals surface area contributed by atoms with E-state index in [1.807, 2.05) is 30.3 Å². The number of nitriles is 1. The fraction of sp³-hybridized carbons (Fsp3) is 0.562. The van der Waals surface area contributed by atoms with Crippen molar-refractivity contribution in [2.45, 2.75) is 18.8 Å². The molecule has 1 fully saturated rings. The summed E-state index contributed by atoms with van der Waals surface area (Å²) in [5.74, 6) is -0.0234. The molecular weight excluding hydrogens is 234 g/mol. The van der Waals surface area contributed by atoms with Crippen molar-refractivity contribution in [3.05, 3.63) is 35.9 Å². The SMILES string of the molecule is CN(CCN1CCCC1)CC(C#N)c1ccccc1. The summed E-state index contributed by atoms with van der Waals surface area (Å²) < 4.78 is 0.